The summed E-state index contributed by atoms with van der Waals surface area (Å²) in [5, 5.41) is 8.02. The lowest BCUT2D eigenvalue weighted by Gasteiger charge is -1.98. The zero-order valence-electron chi connectivity index (χ0n) is 8.67. The van der Waals surface area contributed by atoms with Crippen LogP contribution in [0, 0.1) is 0 Å². The van der Waals surface area contributed by atoms with Crippen LogP contribution >= 0.6 is 11.3 Å². The molecule has 0 aliphatic carbocycles. The first-order chi connectivity index (χ1) is 7.83. The standard InChI is InChI=1S/C10H12N4OS/c11-14-13-7-2-6-12-10(15)5-4-9-3-1-8-16-9/h1,3-5,8H,2,6-7H2,(H,12,15). The first-order valence-corrected chi connectivity index (χ1v) is 5.71. The molecular formula is C10H12N4OS. The average Bonchev–Trinajstić information content (AvgIpc) is 2.79. The molecule has 1 rings (SSSR count). The number of rotatable bonds is 6. The maximum atomic E-state index is 11.3. The maximum Gasteiger partial charge on any atom is 0.244 e. The molecule has 0 saturated carbocycles. The summed E-state index contributed by atoms with van der Waals surface area (Å²) < 4.78 is 0. The molecule has 1 amide bonds. The van der Waals surface area contributed by atoms with Crippen LogP contribution in [-0.2, 0) is 4.79 Å². The number of amides is 1. The summed E-state index contributed by atoms with van der Waals surface area (Å²) >= 11 is 1.58. The Balaban J connectivity index is 2.18. The average molecular weight is 236 g/mol. The highest BCUT2D eigenvalue weighted by Crippen LogP contribution is 2.09. The highest BCUT2D eigenvalue weighted by Gasteiger charge is 1.94. The zero-order chi connectivity index (χ0) is 11.6. The molecule has 6 heteroatoms. The third kappa shape index (κ3) is 5.19. The van der Waals surface area contributed by atoms with Gasteiger partial charge in [0, 0.05) is 29.0 Å². The summed E-state index contributed by atoms with van der Waals surface area (Å²) in [6.45, 7) is 0.929. The molecule has 1 N–H and O–H groups in total. The molecule has 5 nitrogen and oxygen atoms in total. The first kappa shape index (κ1) is 12.3. The molecule has 0 aliphatic rings. The summed E-state index contributed by atoms with van der Waals surface area (Å²) in [6, 6.07) is 3.87. The first-order valence-electron chi connectivity index (χ1n) is 4.83. The number of thiophene rings is 1. The van der Waals surface area contributed by atoms with Gasteiger partial charge in [0.1, 0.15) is 0 Å². The van der Waals surface area contributed by atoms with Crippen molar-refractivity contribution in [3.63, 3.8) is 0 Å². The molecule has 1 heterocycles. The van der Waals surface area contributed by atoms with E-state index in [1.54, 1.807) is 17.4 Å². The highest BCUT2D eigenvalue weighted by atomic mass is 32.1. The molecule has 16 heavy (non-hydrogen) atoms. The van der Waals surface area contributed by atoms with Gasteiger partial charge in [-0.15, -0.1) is 11.3 Å². The monoisotopic (exact) mass is 236 g/mol. The minimum Gasteiger partial charge on any atom is -0.353 e. The SMILES string of the molecule is [N-]=[N+]=NCCCNC(=O)C=Cc1cccs1. The van der Waals surface area contributed by atoms with E-state index in [2.05, 4.69) is 15.3 Å². The van der Waals surface area contributed by atoms with Gasteiger partial charge in [0.25, 0.3) is 0 Å². The quantitative estimate of drug-likeness (QED) is 0.266. The minimum atomic E-state index is -0.130. The summed E-state index contributed by atoms with van der Waals surface area (Å²) in [4.78, 5) is 14.9. The Morgan fingerprint density at radius 3 is 3.25 bits per heavy atom. The number of azide groups is 1. The summed E-state index contributed by atoms with van der Waals surface area (Å²) in [6.07, 6.45) is 3.93. The van der Waals surface area contributed by atoms with Crippen LogP contribution in [0.3, 0.4) is 0 Å². The Labute approximate surface area is 97.4 Å². The molecule has 1 aromatic heterocycles. The van der Waals surface area contributed by atoms with Crippen molar-refractivity contribution in [2.45, 2.75) is 6.42 Å². The number of nitrogens with zero attached hydrogens (tertiary/aromatic N) is 3. The van der Waals surface area contributed by atoms with Gasteiger partial charge in [-0.1, -0.05) is 11.2 Å². The second-order valence-corrected chi connectivity index (χ2v) is 3.93. The van der Waals surface area contributed by atoms with E-state index in [0.717, 1.165) is 4.88 Å². The van der Waals surface area contributed by atoms with Crippen molar-refractivity contribution in [1.82, 2.24) is 5.32 Å². The third-order valence-electron chi connectivity index (χ3n) is 1.74. The van der Waals surface area contributed by atoms with Gasteiger partial charge in [0.2, 0.25) is 5.91 Å². The molecule has 0 unspecified atom stereocenters. The molecule has 0 atom stereocenters. The molecule has 0 bridgehead atoms. The van der Waals surface area contributed by atoms with Gasteiger partial charge in [-0.2, -0.15) is 0 Å². The van der Waals surface area contributed by atoms with E-state index >= 15 is 0 Å². The lowest BCUT2D eigenvalue weighted by molar-refractivity contribution is -0.116. The molecule has 1 aromatic rings. The Hall–Kier alpha value is -1.78. The number of nitrogens with one attached hydrogen (secondary N) is 1. The van der Waals surface area contributed by atoms with Crippen LogP contribution in [-0.4, -0.2) is 19.0 Å². The summed E-state index contributed by atoms with van der Waals surface area (Å²) in [5.74, 6) is -0.130. The fourth-order valence-electron chi connectivity index (χ4n) is 1.01. The van der Waals surface area contributed by atoms with Crippen LogP contribution in [0.15, 0.2) is 28.7 Å². The van der Waals surface area contributed by atoms with Crippen LogP contribution in [0.2, 0.25) is 0 Å². The molecule has 0 aromatic carbocycles. The van der Waals surface area contributed by atoms with Crippen molar-refractivity contribution < 1.29 is 4.79 Å². The van der Waals surface area contributed by atoms with E-state index in [1.807, 2.05) is 17.5 Å². The zero-order valence-corrected chi connectivity index (χ0v) is 9.48. The topological polar surface area (TPSA) is 77.9 Å². The predicted molar refractivity (Wildman–Crippen MR) is 65.0 cm³/mol. The molecule has 0 fully saturated rings. The fraction of sp³-hybridized carbons (Fsp3) is 0.300. The van der Waals surface area contributed by atoms with Crippen molar-refractivity contribution in [2.24, 2.45) is 5.11 Å². The van der Waals surface area contributed by atoms with Crippen molar-refractivity contribution in [3.05, 3.63) is 38.9 Å². The largest absolute Gasteiger partial charge is 0.353 e. The van der Waals surface area contributed by atoms with Gasteiger partial charge >= 0.3 is 0 Å². The Bertz CT molecular complexity index is 393. The molecule has 0 saturated heterocycles. The van der Waals surface area contributed by atoms with Crippen molar-refractivity contribution in [3.8, 4) is 0 Å². The van der Waals surface area contributed by atoms with Crippen LogP contribution in [0.25, 0.3) is 16.5 Å². The van der Waals surface area contributed by atoms with Gasteiger partial charge < -0.3 is 5.32 Å². The number of carbonyl (C=O) groups is 1. The molecular weight excluding hydrogens is 224 g/mol. The normalized spacial score (nSPS) is 10.0. The van der Waals surface area contributed by atoms with Crippen LogP contribution < -0.4 is 5.32 Å². The van der Waals surface area contributed by atoms with Crippen molar-refractivity contribution in [2.75, 3.05) is 13.1 Å². The van der Waals surface area contributed by atoms with Gasteiger partial charge in [-0.05, 0) is 29.5 Å². The number of hydrogen-bond acceptors (Lipinski definition) is 3. The number of carbonyl (C=O) groups excluding carboxylic acids is 1. The third-order valence-corrected chi connectivity index (χ3v) is 2.58. The summed E-state index contributed by atoms with van der Waals surface area (Å²) in [5.41, 5.74) is 8.03. The van der Waals surface area contributed by atoms with E-state index in [9.17, 15) is 4.79 Å². The van der Waals surface area contributed by atoms with E-state index in [-0.39, 0.29) is 5.91 Å². The Morgan fingerprint density at radius 2 is 2.56 bits per heavy atom. The lowest BCUT2D eigenvalue weighted by Crippen LogP contribution is -2.22. The Morgan fingerprint density at radius 1 is 1.69 bits per heavy atom. The molecule has 84 valence electrons. The van der Waals surface area contributed by atoms with E-state index in [0.29, 0.717) is 19.5 Å². The molecule has 0 spiro atoms. The molecule has 0 radical (unpaired) electrons. The van der Waals surface area contributed by atoms with E-state index < -0.39 is 0 Å². The van der Waals surface area contributed by atoms with Gasteiger partial charge in [-0.25, -0.2) is 0 Å². The van der Waals surface area contributed by atoms with E-state index in [4.69, 9.17) is 5.53 Å². The van der Waals surface area contributed by atoms with E-state index in [1.165, 1.54) is 6.08 Å². The van der Waals surface area contributed by atoms with Crippen LogP contribution in [0.5, 0.6) is 0 Å². The second-order valence-electron chi connectivity index (χ2n) is 2.95. The van der Waals surface area contributed by atoms with Gasteiger partial charge in [-0.3, -0.25) is 4.79 Å². The minimum absolute atomic E-state index is 0.130. The maximum absolute atomic E-state index is 11.3. The van der Waals surface area contributed by atoms with Crippen molar-refractivity contribution in [1.29, 1.82) is 0 Å². The van der Waals surface area contributed by atoms with Gasteiger partial charge in [0.15, 0.2) is 0 Å². The Kier molecular flexibility index (Phi) is 5.76. The summed E-state index contributed by atoms with van der Waals surface area (Å²) in [7, 11) is 0. The predicted octanol–water partition coefficient (Wildman–Crippen LogP) is 2.58. The van der Waals surface area contributed by atoms with Gasteiger partial charge in [0.05, 0.1) is 0 Å². The number of hydrogen-bond donors (Lipinski definition) is 1. The van der Waals surface area contributed by atoms with Crippen LogP contribution in [0.1, 0.15) is 11.3 Å². The highest BCUT2D eigenvalue weighted by molar-refractivity contribution is 7.10. The molecule has 0 aliphatic heterocycles. The van der Waals surface area contributed by atoms with Crippen LogP contribution in [0.4, 0.5) is 0 Å². The lowest BCUT2D eigenvalue weighted by atomic mass is 10.4. The fourth-order valence-corrected chi connectivity index (χ4v) is 1.63. The smallest absolute Gasteiger partial charge is 0.244 e. The van der Waals surface area contributed by atoms with Crippen molar-refractivity contribution >= 4 is 23.3 Å². The second kappa shape index (κ2) is 7.50.